The van der Waals surface area contributed by atoms with E-state index in [0.717, 1.165) is 56.2 Å². The number of nitrogens with zero attached hydrogens (tertiary/aromatic N) is 5. The van der Waals surface area contributed by atoms with Crippen molar-refractivity contribution in [1.82, 2.24) is 30.0 Å². The third kappa shape index (κ3) is 4.98. The molecule has 7 nitrogen and oxygen atoms in total. The first-order chi connectivity index (χ1) is 12.8. The van der Waals surface area contributed by atoms with Crippen LogP contribution in [0, 0.1) is 0 Å². The molecule has 0 bridgehead atoms. The molecule has 0 radical (unpaired) electrons. The van der Waals surface area contributed by atoms with Gasteiger partial charge in [0.1, 0.15) is 24.3 Å². The summed E-state index contributed by atoms with van der Waals surface area (Å²) in [6.07, 6.45) is 6.02. The fraction of sp³-hybridized carbons (Fsp3) is 0.368. The molecule has 2 N–H and O–H groups in total. The van der Waals surface area contributed by atoms with E-state index in [0.29, 0.717) is 0 Å². The number of anilines is 1. The summed E-state index contributed by atoms with van der Waals surface area (Å²) in [5.41, 5.74) is 4.64. The molecule has 4 rings (SSSR count). The van der Waals surface area contributed by atoms with Gasteiger partial charge < -0.3 is 10.6 Å². The highest BCUT2D eigenvalue weighted by atomic mass is 35.5. The zero-order valence-electron chi connectivity index (χ0n) is 15.8. The van der Waals surface area contributed by atoms with Gasteiger partial charge in [0.2, 0.25) is 0 Å². The van der Waals surface area contributed by atoms with Gasteiger partial charge in [0.05, 0.1) is 11.4 Å². The first-order valence-corrected chi connectivity index (χ1v) is 9.10. The molecular formula is C19H25Cl2N7. The molecule has 3 aromatic rings. The molecule has 0 saturated carbocycles. The Morgan fingerprint density at radius 3 is 2.57 bits per heavy atom. The van der Waals surface area contributed by atoms with E-state index in [-0.39, 0.29) is 24.8 Å². The molecule has 0 amide bonds. The Labute approximate surface area is 177 Å². The molecule has 9 heteroatoms. The van der Waals surface area contributed by atoms with Crippen molar-refractivity contribution in [2.75, 3.05) is 18.4 Å². The zero-order chi connectivity index (χ0) is 17.8. The Balaban J connectivity index is 0.00000140. The molecule has 2 aromatic heterocycles. The SMILES string of the molecule is CCc1nc2c(c(NCc3ccc(-n4cncn4)cc3)n1)CCNCC2.Cl.Cl. The van der Waals surface area contributed by atoms with Crippen LogP contribution >= 0.6 is 24.8 Å². The molecule has 0 aliphatic carbocycles. The summed E-state index contributed by atoms with van der Waals surface area (Å²) in [6.45, 7) is 4.79. The second-order valence-electron chi connectivity index (χ2n) is 6.38. The maximum atomic E-state index is 4.75. The monoisotopic (exact) mass is 421 g/mol. The number of nitrogens with one attached hydrogen (secondary N) is 2. The number of hydrogen-bond donors (Lipinski definition) is 2. The van der Waals surface area contributed by atoms with Gasteiger partial charge in [-0.05, 0) is 30.7 Å². The molecule has 0 spiro atoms. The Morgan fingerprint density at radius 1 is 1.07 bits per heavy atom. The van der Waals surface area contributed by atoms with Gasteiger partial charge in [-0.2, -0.15) is 5.10 Å². The van der Waals surface area contributed by atoms with E-state index in [1.165, 1.54) is 23.1 Å². The van der Waals surface area contributed by atoms with Crippen LogP contribution in [-0.2, 0) is 25.8 Å². The van der Waals surface area contributed by atoms with Gasteiger partial charge in [0.25, 0.3) is 0 Å². The summed E-state index contributed by atoms with van der Waals surface area (Å²) in [7, 11) is 0. The minimum atomic E-state index is 0. The third-order valence-corrected chi connectivity index (χ3v) is 4.63. The predicted molar refractivity (Wildman–Crippen MR) is 115 cm³/mol. The fourth-order valence-corrected chi connectivity index (χ4v) is 3.19. The lowest BCUT2D eigenvalue weighted by Gasteiger charge is -2.14. The lowest BCUT2D eigenvalue weighted by Crippen LogP contribution is -2.16. The standard InChI is InChI=1S/C19H23N7.2ClH/c1-2-18-24-17-8-10-20-9-7-16(17)19(25-18)22-11-14-3-5-15(6-4-14)26-13-21-12-23-26;;/h3-6,12-13,20H,2,7-11H2,1H3,(H,22,24,25);2*1H. The van der Waals surface area contributed by atoms with Crippen LogP contribution in [0.3, 0.4) is 0 Å². The van der Waals surface area contributed by atoms with E-state index >= 15 is 0 Å². The molecule has 1 aliphatic heterocycles. The van der Waals surface area contributed by atoms with Crippen molar-refractivity contribution in [3.05, 3.63) is 59.6 Å². The smallest absolute Gasteiger partial charge is 0.138 e. The molecule has 28 heavy (non-hydrogen) atoms. The first-order valence-electron chi connectivity index (χ1n) is 9.10. The van der Waals surface area contributed by atoms with E-state index in [1.54, 1.807) is 11.0 Å². The topological polar surface area (TPSA) is 80.6 Å². The molecule has 3 heterocycles. The average Bonchev–Trinajstić information content (AvgIpc) is 3.11. The summed E-state index contributed by atoms with van der Waals surface area (Å²) in [4.78, 5) is 13.5. The maximum absolute atomic E-state index is 4.75. The lowest BCUT2D eigenvalue weighted by molar-refractivity contribution is 0.708. The Kier molecular flexibility index (Phi) is 8.17. The van der Waals surface area contributed by atoms with Crippen LogP contribution in [-0.4, -0.2) is 37.8 Å². The molecule has 0 fully saturated rings. The van der Waals surface area contributed by atoms with Crippen LogP contribution in [0.4, 0.5) is 5.82 Å². The average molecular weight is 422 g/mol. The molecule has 0 saturated heterocycles. The van der Waals surface area contributed by atoms with Crippen LogP contribution in [0.15, 0.2) is 36.9 Å². The highest BCUT2D eigenvalue weighted by Crippen LogP contribution is 2.21. The summed E-state index contributed by atoms with van der Waals surface area (Å²) in [5, 5.41) is 11.1. The van der Waals surface area contributed by atoms with Gasteiger partial charge in [-0.25, -0.2) is 19.6 Å². The van der Waals surface area contributed by atoms with E-state index < -0.39 is 0 Å². The highest BCUT2D eigenvalue weighted by Gasteiger charge is 2.16. The molecule has 0 atom stereocenters. The van der Waals surface area contributed by atoms with Crippen molar-refractivity contribution in [2.45, 2.75) is 32.7 Å². The van der Waals surface area contributed by atoms with Crippen LogP contribution in [0.2, 0.25) is 0 Å². The van der Waals surface area contributed by atoms with Crippen molar-refractivity contribution in [1.29, 1.82) is 0 Å². The van der Waals surface area contributed by atoms with Gasteiger partial charge >= 0.3 is 0 Å². The van der Waals surface area contributed by atoms with Gasteiger partial charge in [-0.15, -0.1) is 24.8 Å². The van der Waals surface area contributed by atoms with E-state index in [2.05, 4.69) is 39.8 Å². The van der Waals surface area contributed by atoms with E-state index in [9.17, 15) is 0 Å². The molecule has 150 valence electrons. The van der Waals surface area contributed by atoms with Gasteiger partial charge in [0, 0.05) is 31.5 Å². The molecule has 1 aliphatic rings. The van der Waals surface area contributed by atoms with Crippen LogP contribution in [0.1, 0.15) is 29.6 Å². The van der Waals surface area contributed by atoms with Crippen LogP contribution in [0.5, 0.6) is 0 Å². The molecular weight excluding hydrogens is 397 g/mol. The zero-order valence-corrected chi connectivity index (χ0v) is 17.4. The first kappa shape index (κ1) is 22.1. The number of benzene rings is 1. The number of aryl methyl sites for hydroxylation is 1. The van der Waals surface area contributed by atoms with Crippen LogP contribution in [0.25, 0.3) is 5.69 Å². The Morgan fingerprint density at radius 2 is 1.86 bits per heavy atom. The van der Waals surface area contributed by atoms with Gasteiger partial charge in [0.15, 0.2) is 0 Å². The van der Waals surface area contributed by atoms with Crippen molar-refractivity contribution < 1.29 is 0 Å². The number of aromatic nitrogens is 5. The number of fused-ring (bicyclic) bond motifs is 1. The number of hydrogen-bond acceptors (Lipinski definition) is 6. The molecule has 1 aromatic carbocycles. The highest BCUT2D eigenvalue weighted by molar-refractivity contribution is 5.85. The predicted octanol–water partition coefficient (Wildman–Crippen LogP) is 2.76. The van der Waals surface area contributed by atoms with Crippen molar-refractivity contribution in [3.8, 4) is 5.69 Å². The quantitative estimate of drug-likeness (QED) is 0.658. The Hall–Kier alpha value is -2.22. The van der Waals surface area contributed by atoms with Crippen molar-refractivity contribution in [3.63, 3.8) is 0 Å². The third-order valence-electron chi connectivity index (χ3n) is 4.63. The van der Waals surface area contributed by atoms with Crippen molar-refractivity contribution >= 4 is 30.6 Å². The van der Waals surface area contributed by atoms with E-state index in [4.69, 9.17) is 9.97 Å². The second kappa shape index (κ2) is 10.4. The summed E-state index contributed by atoms with van der Waals surface area (Å²) in [5.74, 6) is 1.89. The van der Waals surface area contributed by atoms with Crippen molar-refractivity contribution in [2.24, 2.45) is 0 Å². The Bertz CT molecular complexity index is 867. The minimum Gasteiger partial charge on any atom is -0.366 e. The summed E-state index contributed by atoms with van der Waals surface area (Å²) in [6, 6.07) is 8.31. The lowest BCUT2D eigenvalue weighted by atomic mass is 10.1. The number of rotatable bonds is 5. The summed E-state index contributed by atoms with van der Waals surface area (Å²) < 4.78 is 1.75. The van der Waals surface area contributed by atoms with Gasteiger partial charge in [-0.1, -0.05) is 19.1 Å². The maximum Gasteiger partial charge on any atom is 0.138 e. The second-order valence-corrected chi connectivity index (χ2v) is 6.38. The van der Waals surface area contributed by atoms with E-state index in [1.807, 2.05) is 12.1 Å². The van der Waals surface area contributed by atoms with Gasteiger partial charge in [-0.3, -0.25) is 0 Å². The largest absolute Gasteiger partial charge is 0.366 e. The number of halogens is 2. The van der Waals surface area contributed by atoms with Crippen LogP contribution < -0.4 is 10.6 Å². The fourth-order valence-electron chi connectivity index (χ4n) is 3.19. The summed E-state index contributed by atoms with van der Waals surface area (Å²) >= 11 is 0. The molecule has 0 unspecified atom stereocenters. The minimum absolute atomic E-state index is 0. The normalized spacial score (nSPS) is 12.9.